The summed E-state index contributed by atoms with van der Waals surface area (Å²) in [6, 6.07) is 3.31. The molecular weight excluding hydrogens is 294 g/mol. The molecule has 130 valence electrons. The van der Waals surface area contributed by atoms with Crippen molar-refractivity contribution in [3.63, 3.8) is 0 Å². The van der Waals surface area contributed by atoms with E-state index in [1.54, 1.807) is 12.1 Å². The normalized spacial score (nSPS) is 10.4. The molecule has 23 heavy (non-hydrogen) atoms. The number of carbonyl (C=O) groups is 1. The van der Waals surface area contributed by atoms with Gasteiger partial charge >= 0.3 is 0 Å². The Morgan fingerprint density at radius 3 is 2.17 bits per heavy atom. The third kappa shape index (κ3) is 6.80. The molecule has 0 atom stereocenters. The van der Waals surface area contributed by atoms with E-state index in [-0.39, 0.29) is 18.1 Å². The summed E-state index contributed by atoms with van der Waals surface area (Å²) in [6.45, 7) is 2.91. The summed E-state index contributed by atoms with van der Waals surface area (Å²) in [4.78, 5) is 12.0. The number of rotatable bonds is 11. The van der Waals surface area contributed by atoms with Gasteiger partial charge in [0.2, 0.25) is 11.7 Å². The Labute approximate surface area is 139 Å². The number of amides is 1. The summed E-state index contributed by atoms with van der Waals surface area (Å²) >= 11 is 0. The molecule has 0 saturated carbocycles. The largest absolute Gasteiger partial charge is 0.502 e. The highest BCUT2D eigenvalue weighted by Gasteiger charge is 2.13. The Hall–Kier alpha value is -1.91. The molecule has 0 aliphatic rings. The Morgan fingerprint density at radius 2 is 1.61 bits per heavy atom. The number of benzene rings is 1. The van der Waals surface area contributed by atoms with Crippen molar-refractivity contribution in [3.05, 3.63) is 17.7 Å². The van der Waals surface area contributed by atoms with Crippen molar-refractivity contribution in [2.75, 3.05) is 20.8 Å². The smallest absolute Gasteiger partial charge is 0.224 e. The molecular formula is C18H29NO4. The zero-order valence-electron chi connectivity index (χ0n) is 14.5. The summed E-state index contributed by atoms with van der Waals surface area (Å²) < 4.78 is 10.2. The third-order valence-corrected chi connectivity index (χ3v) is 3.76. The van der Waals surface area contributed by atoms with Gasteiger partial charge in [0, 0.05) is 6.54 Å². The van der Waals surface area contributed by atoms with Crippen LogP contribution in [0.1, 0.15) is 51.0 Å². The topological polar surface area (TPSA) is 67.8 Å². The van der Waals surface area contributed by atoms with Crippen LogP contribution in [-0.2, 0) is 11.2 Å². The van der Waals surface area contributed by atoms with Gasteiger partial charge in [-0.05, 0) is 24.1 Å². The molecule has 0 fully saturated rings. The molecule has 0 aliphatic carbocycles. The first kappa shape index (κ1) is 19.1. The summed E-state index contributed by atoms with van der Waals surface area (Å²) in [5.41, 5.74) is 0.747. The van der Waals surface area contributed by atoms with Crippen LogP contribution in [0.3, 0.4) is 0 Å². The number of carbonyl (C=O) groups excluding carboxylic acids is 1. The first-order valence-corrected chi connectivity index (χ1v) is 8.32. The SMILES string of the molecule is CCCCCCCCNC(=O)Cc1cc(OC)c(O)c(OC)c1. The summed E-state index contributed by atoms with van der Waals surface area (Å²) in [5.74, 6) is 0.533. The van der Waals surface area contributed by atoms with Crippen LogP contribution in [0.4, 0.5) is 0 Å². The van der Waals surface area contributed by atoms with Gasteiger partial charge in [0.15, 0.2) is 11.5 Å². The van der Waals surface area contributed by atoms with E-state index in [0.29, 0.717) is 18.0 Å². The molecule has 0 aromatic heterocycles. The zero-order valence-corrected chi connectivity index (χ0v) is 14.5. The molecule has 1 rings (SSSR count). The third-order valence-electron chi connectivity index (χ3n) is 3.76. The van der Waals surface area contributed by atoms with Gasteiger partial charge in [-0.1, -0.05) is 39.0 Å². The van der Waals surface area contributed by atoms with Crippen molar-refractivity contribution in [3.8, 4) is 17.2 Å². The minimum Gasteiger partial charge on any atom is -0.502 e. The van der Waals surface area contributed by atoms with E-state index in [2.05, 4.69) is 12.2 Å². The van der Waals surface area contributed by atoms with Gasteiger partial charge in [-0.15, -0.1) is 0 Å². The molecule has 0 heterocycles. The number of ether oxygens (including phenoxy) is 2. The second kappa shape index (κ2) is 10.8. The van der Waals surface area contributed by atoms with Crippen LogP contribution < -0.4 is 14.8 Å². The summed E-state index contributed by atoms with van der Waals surface area (Å²) in [7, 11) is 2.94. The number of methoxy groups -OCH3 is 2. The van der Waals surface area contributed by atoms with Gasteiger partial charge in [-0.2, -0.15) is 0 Å². The first-order chi connectivity index (χ1) is 11.1. The molecule has 1 amide bonds. The van der Waals surface area contributed by atoms with E-state index in [1.807, 2.05) is 0 Å². The molecule has 2 N–H and O–H groups in total. The van der Waals surface area contributed by atoms with Gasteiger partial charge in [-0.3, -0.25) is 4.79 Å². The maximum Gasteiger partial charge on any atom is 0.224 e. The van der Waals surface area contributed by atoms with Gasteiger partial charge in [-0.25, -0.2) is 0 Å². The lowest BCUT2D eigenvalue weighted by Gasteiger charge is -2.11. The number of phenols is 1. The number of hydrogen-bond donors (Lipinski definition) is 2. The van der Waals surface area contributed by atoms with Crippen LogP contribution in [0.25, 0.3) is 0 Å². The van der Waals surface area contributed by atoms with E-state index in [1.165, 1.54) is 39.9 Å². The monoisotopic (exact) mass is 323 g/mol. The fraction of sp³-hybridized carbons (Fsp3) is 0.611. The maximum atomic E-state index is 12.0. The number of phenolic OH excluding ortho intramolecular Hbond substituents is 1. The minimum absolute atomic E-state index is 0.0339. The number of hydrogen-bond acceptors (Lipinski definition) is 4. The molecule has 5 heteroatoms. The zero-order chi connectivity index (χ0) is 17.1. The predicted octanol–water partition coefficient (Wildman–Crippen LogP) is 3.43. The fourth-order valence-electron chi connectivity index (χ4n) is 2.43. The van der Waals surface area contributed by atoms with Crippen LogP contribution in [0, 0.1) is 0 Å². The quantitative estimate of drug-likeness (QED) is 0.612. The lowest BCUT2D eigenvalue weighted by atomic mass is 10.1. The average molecular weight is 323 g/mol. The minimum atomic E-state index is -0.0498. The van der Waals surface area contributed by atoms with E-state index in [4.69, 9.17) is 9.47 Å². The lowest BCUT2D eigenvalue weighted by molar-refractivity contribution is -0.120. The van der Waals surface area contributed by atoms with Crippen LogP contribution in [0.5, 0.6) is 17.2 Å². The van der Waals surface area contributed by atoms with Crippen molar-refractivity contribution in [2.45, 2.75) is 51.9 Å². The average Bonchev–Trinajstić information content (AvgIpc) is 2.55. The van der Waals surface area contributed by atoms with Crippen LogP contribution in [0.15, 0.2) is 12.1 Å². The first-order valence-electron chi connectivity index (χ1n) is 8.32. The molecule has 0 aliphatic heterocycles. The molecule has 1 aromatic carbocycles. The predicted molar refractivity (Wildman–Crippen MR) is 91.3 cm³/mol. The summed E-state index contributed by atoms with van der Waals surface area (Å²) in [5, 5.41) is 12.8. The van der Waals surface area contributed by atoms with E-state index < -0.39 is 0 Å². The number of unbranched alkanes of at least 4 members (excludes halogenated alkanes) is 5. The van der Waals surface area contributed by atoms with Crippen molar-refractivity contribution in [1.29, 1.82) is 0 Å². The van der Waals surface area contributed by atoms with Gasteiger partial charge in [0.05, 0.1) is 20.6 Å². The maximum absolute atomic E-state index is 12.0. The Kier molecular flexibility index (Phi) is 8.95. The molecule has 0 spiro atoms. The fourth-order valence-corrected chi connectivity index (χ4v) is 2.43. The van der Waals surface area contributed by atoms with Crippen LogP contribution in [0.2, 0.25) is 0 Å². The van der Waals surface area contributed by atoms with E-state index in [9.17, 15) is 9.90 Å². The molecule has 1 aromatic rings. The molecule has 0 radical (unpaired) electrons. The molecule has 0 unspecified atom stereocenters. The standard InChI is InChI=1S/C18H29NO4/c1-4-5-6-7-8-9-10-19-17(20)13-14-11-15(22-2)18(21)16(12-14)23-3/h11-12,21H,4-10,13H2,1-3H3,(H,19,20). The van der Waals surface area contributed by atoms with Crippen molar-refractivity contribution in [1.82, 2.24) is 5.32 Å². The Balaban J connectivity index is 2.39. The van der Waals surface area contributed by atoms with E-state index in [0.717, 1.165) is 18.4 Å². The van der Waals surface area contributed by atoms with Crippen LogP contribution in [-0.4, -0.2) is 31.8 Å². The van der Waals surface area contributed by atoms with Crippen molar-refractivity contribution < 1.29 is 19.4 Å². The second-order valence-corrected chi connectivity index (χ2v) is 5.64. The second-order valence-electron chi connectivity index (χ2n) is 5.64. The number of nitrogens with one attached hydrogen (secondary N) is 1. The molecule has 0 bridgehead atoms. The van der Waals surface area contributed by atoms with Gasteiger partial charge in [0.1, 0.15) is 0 Å². The highest BCUT2D eigenvalue weighted by Crippen LogP contribution is 2.37. The van der Waals surface area contributed by atoms with Crippen LogP contribution >= 0.6 is 0 Å². The highest BCUT2D eigenvalue weighted by molar-refractivity contribution is 5.79. The number of aromatic hydroxyl groups is 1. The molecule has 5 nitrogen and oxygen atoms in total. The molecule has 0 saturated heterocycles. The highest BCUT2D eigenvalue weighted by atomic mass is 16.5. The lowest BCUT2D eigenvalue weighted by Crippen LogP contribution is -2.26. The summed E-state index contributed by atoms with van der Waals surface area (Å²) in [6.07, 6.45) is 7.45. The Morgan fingerprint density at radius 1 is 1.04 bits per heavy atom. The van der Waals surface area contributed by atoms with E-state index >= 15 is 0 Å². The van der Waals surface area contributed by atoms with Crippen molar-refractivity contribution in [2.24, 2.45) is 0 Å². The van der Waals surface area contributed by atoms with Crippen molar-refractivity contribution >= 4 is 5.91 Å². The van der Waals surface area contributed by atoms with Gasteiger partial charge in [0.25, 0.3) is 0 Å². The Bertz CT molecular complexity index is 463. The van der Waals surface area contributed by atoms with Gasteiger partial charge < -0.3 is 19.9 Å².